The van der Waals surface area contributed by atoms with Crippen LogP contribution in [-0.4, -0.2) is 16.8 Å². The number of hydrogen-bond acceptors (Lipinski definition) is 5. The molecule has 0 radical (unpaired) electrons. The van der Waals surface area contributed by atoms with Crippen LogP contribution < -0.4 is 10.1 Å². The Morgan fingerprint density at radius 3 is 2.50 bits per heavy atom. The molecule has 0 spiro atoms. The van der Waals surface area contributed by atoms with Gasteiger partial charge in [0.15, 0.2) is 0 Å². The number of rotatable bonds is 6. The van der Waals surface area contributed by atoms with E-state index in [0.717, 1.165) is 12.1 Å². The van der Waals surface area contributed by atoms with Crippen molar-refractivity contribution in [1.29, 1.82) is 0 Å². The second kappa shape index (κ2) is 7.30. The Bertz CT molecular complexity index is 889. The summed E-state index contributed by atoms with van der Waals surface area (Å²) < 4.78 is 48.6. The summed E-state index contributed by atoms with van der Waals surface area (Å²) in [7, 11) is 0. The quantitative estimate of drug-likeness (QED) is 0.622. The van der Waals surface area contributed by atoms with Crippen LogP contribution in [0.15, 0.2) is 65.6 Å². The highest BCUT2D eigenvalue weighted by molar-refractivity contribution is 5.76. The molecule has 5 nitrogen and oxygen atoms in total. The highest BCUT2D eigenvalue weighted by Crippen LogP contribution is 2.33. The van der Waals surface area contributed by atoms with Gasteiger partial charge in [0.05, 0.1) is 16.8 Å². The Hall–Kier alpha value is -3.29. The first-order valence-corrected chi connectivity index (χ1v) is 7.58. The van der Waals surface area contributed by atoms with Crippen molar-refractivity contribution in [3.05, 3.63) is 66.7 Å². The summed E-state index contributed by atoms with van der Waals surface area (Å²) in [5.74, 6) is 0.221. The number of aromatic nitrogens is 2. The minimum absolute atomic E-state index is 0.00392. The van der Waals surface area contributed by atoms with Crippen LogP contribution >= 0.6 is 0 Å². The van der Waals surface area contributed by atoms with Gasteiger partial charge >= 0.3 is 12.3 Å². The summed E-state index contributed by atoms with van der Waals surface area (Å²) in [5.41, 5.74) is 0.977. The van der Waals surface area contributed by atoms with Gasteiger partial charge in [0.25, 0.3) is 5.89 Å². The number of nitrogens with one attached hydrogen (secondary N) is 1. The van der Waals surface area contributed by atoms with Crippen molar-refractivity contribution in [2.24, 2.45) is 0 Å². The molecule has 0 atom stereocenters. The Labute approximate surface area is 147 Å². The highest BCUT2D eigenvalue weighted by Gasteiger charge is 2.29. The van der Waals surface area contributed by atoms with Crippen molar-refractivity contribution in [2.75, 3.05) is 11.9 Å². The Morgan fingerprint density at radius 2 is 1.81 bits per heavy atom. The summed E-state index contributed by atoms with van der Waals surface area (Å²) >= 11 is 0. The number of para-hydroxylation sites is 1. The molecule has 0 unspecified atom stereocenters. The number of halogens is 3. The fraction of sp³-hybridized carbons (Fsp3) is 0.111. The molecule has 3 aromatic rings. The van der Waals surface area contributed by atoms with Crippen molar-refractivity contribution >= 4 is 11.4 Å². The lowest BCUT2D eigenvalue weighted by Crippen LogP contribution is -2.04. The molecule has 26 heavy (non-hydrogen) atoms. The molecule has 1 N–H and O–H groups in total. The minimum atomic E-state index is -4.37. The lowest BCUT2D eigenvalue weighted by molar-refractivity contribution is -0.137. The molecular weight excluding hydrogens is 347 g/mol. The summed E-state index contributed by atoms with van der Waals surface area (Å²) in [6, 6.07) is 11.8. The van der Waals surface area contributed by atoms with Crippen molar-refractivity contribution in [3.8, 4) is 17.5 Å². The average Bonchev–Trinajstić information content (AvgIpc) is 3.09. The zero-order valence-electron chi connectivity index (χ0n) is 13.5. The van der Waals surface area contributed by atoms with Gasteiger partial charge in [-0.05, 0) is 36.4 Å². The SMILES string of the molecule is C=CCOc1nnc(-c2ccccc2Nc2ccc(C(F)(F)F)cc2)o1. The average molecular weight is 361 g/mol. The topological polar surface area (TPSA) is 60.2 Å². The van der Waals surface area contributed by atoms with E-state index in [2.05, 4.69) is 22.1 Å². The standard InChI is InChI=1S/C18H14F3N3O2/c1-2-11-25-17-24-23-16(26-17)14-5-3-4-6-15(14)22-13-9-7-12(8-10-13)18(19,20)21/h2-10,22H,1,11H2. The number of benzene rings is 2. The van der Waals surface area contributed by atoms with E-state index in [4.69, 9.17) is 9.15 Å². The molecule has 0 aliphatic rings. The first-order chi connectivity index (χ1) is 12.5. The second-order valence-corrected chi connectivity index (χ2v) is 5.22. The van der Waals surface area contributed by atoms with Crippen molar-refractivity contribution in [3.63, 3.8) is 0 Å². The molecule has 0 fully saturated rings. The summed E-state index contributed by atoms with van der Waals surface area (Å²) in [4.78, 5) is 0. The first kappa shape index (κ1) is 17.5. The molecule has 1 heterocycles. The molecule has 0 aliphatic carbocycles. The van der Waals surface area contributed by atoms with Gasteiger partial charge in [-0.3, -0.25) is 0 Å². The van der Waals surface area contributed by atoms with E-state index >= 15 is 0 Å². The molecule has 0 saturated heterocycles. The monoisotopic (exact) mass is 361 g/mol. The zero-order chi connectivity index (χ0) is 18.6. The first-order valence-electron chi connectivity index (χ1n) is 7.58. The maximum atomic E-state index is 12.7. The van der Waals surface area contributed by atoms with Gasteiger partial charge in [0, 0.05) is 5.69 Å². The number of nitrogens with zero attached hydrogens (tertiary/aromatic N) is 2. The van der Waals surface area contributed by atoms with Gasteiger partial charge in [0.1, 0.15) is 6.61 Å². The van der Waals surface area contributed by atoms with Gasteiger partial charge in [-0.1, -0.05) is 29.9 Å². The minimum Gasteiger partial charge on any atom is -0.445 e. The molecule has 0 aliphatic heterocycles. The van der Waals surface area contributed by atoms with Crippen LogP contribution in [0, 0.1) is 0 Å². The Kier molecular flexibility index (Phi) is 4.92. The van der Waals surface area contributed by atoms with Gasteiger partial charge < -0.3 is 14.5 Å². The van der Waals surface area contributed by atoms with Crippen LogP contribution in [0.25, 0.3) is 11.5 Å². The highest BCUT2D eigenvalue weighted by atomic mass is 19.4. The Balaban J connectivity index is 1.83. The van der Waals surface area contributed by atoms with Crippen LogP contribution in [0.1, 0.15) is 5.56 Å². The van der Waals surface area contributed by atoms with E-state index in [1.165, 1.54) is 12.1 Å². The summed E-state index contributed by atoms with van der Waals surface area (Å²) in [5, 5.41) is 10.8. The molecule has 134 valence electrons. The van der Waals surface area contributed by atoms with E-state index < -0.39 is 11.7 Å². The second-order valence-electron chi connectivity index (χ2n) is 5.22. The molecule has 2 aromatic carbocycles. The van der Waals surface area contributed by atoms with Crippen molar-refractivity contribution < 1.29 is 22.3 Å². The van der Waals surface area contributed by atoms with Gasteiger partial charge in [0.2, 0.25) is 0 Å². The zero-order valence-corrected chi connectivity index (χ0v) is 13.5. The lowest BCUT2D eigenvalue weighted by atomic mass is 10.1. The fourth-order valence-electron chi connectivity index (χ4n) is 2.18. The van der Waals surface area contributed by atoms with Crippen LogP contribution in [-0.2, 0) is 6.18 Å². The van der Waals surface area contributed by atoms with Gasteiger partial charge in [-0.25, -0.2) is 0 Å². The van der Waals surface area contributed by atoms with Crippen LogP contribution in [0.3, 0.4) is 0 Å². The third kappa shape index (κ3) is 4.02. The predicted molar refractivity (Wildman–Crippen MR) is 90.2 cm³/mol. The summed E-state index contributed by atoms with van der Waals surface area (Å²) in [6.07, 6.45) is -2.82. The van der Waals surface area contributed by atoms with E-state index in [1.54, 1.807) is 30.3 Å². The molecular formula is C18H14F3N3O2. The van der Waals surface area contributed by atoms with E-state index in [-0.39, 0.29) is 18.6 Å². The largest absolute Gasteiger partial charge is 0.445 e. The molecule has 3 rings (SSSR count). The van der Waals surface area contributed by atoms with E-state index in [1.807, 2.05) is 0 Å². The van der Waals surface area contributed by atoms with E-state index in [0.29, 0.717) is 16.9 Å². The summed E-state index contributed by atoms with van der Waals surface area (Å²) in [6.45, 7) is 3.76. The van der Waals surface area contributed by atoms with Gasteiger partial charge in [-0.2, -0.15) is 13.2 Å². The number of anilines is 2. The molecule has 8 heteroatoms. The molecule has 0 saturated carbocycles. The lowest BCUT2D eigenvalue weighted by Gasteiger charge is -2.11. The molecule has 0 bridgehead atoms. The van der Waals surface area contributed by atoms with Gasteiger partial charge in [-0.15, -0.1) is 5.10 Å². The molecule has 0 amide bonds. The third-order valence-corrected chi connectivity index (χ3v) is 3.38. The van der Waals surface area contributed by atoms with E-state index in [9.17, 15) is 13.2 Å². The Morgan fingerprint density at radius 1 is 1.08 bits per heavy atom. The predicted octanol–water partition coefficient (Wildman–Crippen LogP) is 5.06. The fourth-order valence-corrected chi connectivity index (χ4v) is 2.18. The number of alkyl halides is 3. The maximum absolute atomic E-state index is 12.7. The van der Waals surface area contributed by atoms with Crippen molar-refractivity contribution in [1.82, 2.24) is 10.2 Å². The maximum Gasteiger partial charge on any atom is 0.416 e. The smallest absolute Gasteiger partial charge is 0.416 e. The van der Waals surface area contributed by atoms with Crippen LogP contribution in [0.5, 0.6) is 6.08 Å². The molecule has 1 aromatic heterocycles. The third-order valence-electron chi connectivity index (χ3n) is 3.38. The van der Waals surface area contributed by atoms with Crippen molar-refractivity contribution in [2.45, 2.75) is 6.18 Å². The number of hydrogen-bond donors (Lipinski definition) is 1. The normalized spacial score (nSPS) is 11.2. The van der Waals surface area contributed by atoms with Crippen LogP contribution in [0.4, 0.5) is 24.5 Å². The van der Waals surface area contributed by atoms with Crippen LogP contribution in [0.2, 0.25) is 0 Å². The number of ether oxygens (including phenoxy) is 1.